The second kappa shape index (κ2) is 9.38. The van der Waals surface area contributed by atoms with E-state index in [1.807, 2.05) is 13.8 Å². The highest BCUT2D eigenvalue weighted by Gasteiger charge is 2.97. The van der Waals surface area contributed by atoms with Crippen molar-refractivity contribution in [2.24, 2.45) is 5.92 Å². The molecule has 0 aromatic heterocycles. The van der Waals surface area contributed by atoms with Gasteiger partial charge < -0.3 is 35.4 Å². The number of hydrogen-bond acceptors (Lipinski definition) is 12. The summed E-state index contributed by atoms with van der Waals surface area (Å²) in [6.07, 6.45) is -5.94. The normalized spacial score (nSPS) is 45.3. The zero-order valence-electron chi connectivity index (χ0n) is 28.5. The smallest absolute Gasteiger partial charge is 0.302 e. The van der Waals surface area contributed by atoms with Crippen molar-refractivity contribution < 1.29 is 38.9 Å². The summed E-state index contributed by atoms with van der Waals surface area (Å²) in [4.78, 5) is 70.3. The highest BCUT2D eigenvalue weighted by molar-refractivity contribution is 8.32. The van der Waals surface area contributed by atoms with Crippen LogP contribution in [-0.2, 0) is 80.8 Å². The van der Waals surface area contributed by atoms with E-state index in [-0.39, 0.29) is 0 Å². The van der Waals surface area contributed by atoms with Crippen LogP contribution < -0.4 is 10.6 Å². The van der Waals surface area contributed by atoms with Gasteiger partial charge in [0.1, 0.15) is 31.1 Å². The van der Waals surface area contributed by atoms with Crippen molar-refractivity contribution in [1.82, 2.24) is 19.6 Å². The molecule has 2 aromatic carbocycles. The Bertz CT molecular complexity index is 2230. The lowest BCUT2D eigenvalue weighted by Crippen LogP contribution is -2.70. The molecule has 4 bridgehead atoms. The average Bonchev–Trinajstić information content (AvgIpc) is 3.90. The molecule has 2 aromatic rings. The fourth-order valence-corrected chi connectivity index (χ4v) is 19.8. The number of carbonyl (C=O) groups excluding carboxylic acids is 5. The number of benzene rings is 2. The van der Waals surface area contributed by atoms with E-state index in [9.17, 15) is 24.6 Å². The molecule has 10 rings (SSSR count). The molecule has 2 spiro atoms. The molecule has 12 atom stereocenters. The van der Waals surface area contributed by atoms with E-state index in [1.165, 1.54) is 33.6 Å². The quantitative estimate of drug-likeness (QED) is 0.277. The molecule has 6 fully saturated rings. The standard InChI is InChI=1S/C34H34N6O8S4/c1-15(2)32-28(47)40-24-31(18-11-7-9-13-20(18)36-24,22(43)34(40,52(32)50)27(46)38(32)5)30-17-10-6-8-12-19(17)35-23(30)39-25(44)29(14-48-16(3)41)37(4)26(45)33(39,21(30)42)51(29)49/h6-13,15,21-24,35-36,42-43H,14H2,1-5H3/t21-,22-,23-,24+,29+,30-,31+,32-,33-,34-,51?,52?/m0/s1. The molecule has 0 saturated carbocycles. The molecule has 2 unspecified atom stereocenters. The van der Waals surface area contributed by atoms with Crippen molar-refractivity contribution in [3.05, 3.63) is 59.7 Å². The minimum absolute atomic E-state index is 0.400. The van der Waals surface area contributed by atoms with E-state index >= 15 is 9.59 Å². The number of amides is 4. The van der Waals surface area contributed by atoms with Crippen LogP contribution in [0.1, 0.15) is 31.9 Å². The Balaban J connectivity index is 1.32. The van der Waals surface area contributed by atoms with E-state index < -0.39 is 116 Å². The summed E-state index contributed by atoms with van der Waals surface area (Å²) in [6.45, 7) is 4.37. The van der Waals surface area contributed by atoms with Crippen LogP contribution in [0.2, 0.25) is 0 Å². The van der Waals surface area contributed by atoms with E-state index in [0.717, 1.165) is 0 Å². The first kappa shape index (κ1) is 33.1. The zero-order valence-corrected chi connectivity index (χ0v) is 31.7. The fraction of sp³-hybridized carbons (Fsp3) is 0.500. The maximum atomic E-state index is 15.1. The minimum Gasteiger partial charge on any atom is -0.462 e. The Morgan fingerprint density at radius 2 is 1.25 bits per heavy atom. The topological polar surface area (TPSA) is 172 Å². The predicted molar refractivity (Wildman–Crippen MR) is 194 cm³/mol. The van der Waals surface area contributed by atoms with E-state index in [4.69, 9.17) is 27.1 Å². The van der Waals surface area contributed by atoms with Gasteiger partial charge in [0, 0.05) is 32.4 Å². The number of ether oxygens (including phenoxy) is 1. The van der Waals surface area contributed by atoms with Crippen LogP contribution in [0.25, 0.3) is 0 Å². The maximum Gasteiger partial charge on any atom is 0.302 e. The molecule has 52 heavy (non-hydrogen) atoms. The zero-order chi connectivity index (χ0) is 37.0. The Labute approximate surface area is 312 Å². The maximum absolute atomic E-state index is 15.1. The van der Waals surface area contributed by atoms with Gasteiger partial charge in [-0.3, -0.25) is 33.8 Å². The van der Waals surface area contributed by atoms with Gasteiger partial charge in [0.25, 0.3) is 23.6 Å². The van der Waals surface area contributed by atoms with Gasteiger partial charge in [0.05, 0.1) is 10.8 Å². The van der Waals surface area contributed by atoms with E-state index in [1.54, 1.807) is 55.6 Å². The molecule has 18 heteroatoms. The van der Waals surface area contributed by atoms with Crippen molar-refractivity contribution in [2.45, 2.75) is 75.6 Å². The molecule has 272 valence electrons. The predicted octanol–water partition coefficient (Wildman–Crippen LogP) is -1.09. The first-order valence-electron chi connectivity index (χ1n) is 16.9. The lowest BCUT2D eigenvalue weighted by atomic mass is 9.52. The van der Waals surface area contributed by atoms with Crippen LogP contribution in [0.4, 0.5) is 11.4 Å². The lowest BCUT2D eigenvalue weighted by molar-refractivity contribution is -0.166. The van der Waals surface area contributed by atoms with Gasteiger partial charge >= 0.3 is 5.97 Å². The first-order valence-corrected chi connectivity index (χ1v) is 21.2. The van der Waals surface area contributed by atoms with Crippen LogP contribution in [0.3, 0.4) is 0 Å². The second-order valence-electron chi connectivity index (χ2n) is 15.2. The summed E-state index contributed by atoms with van der Waals surface area (Å²) in [5, 5.41) is 34.1. The molecule has 8 aliphatic heterocycles. The van der Waals surface area contributed by atoms with Gasteiger partial charge in [-0.15, -0.1) is 0 Å². The Hall–Kier alpha value is -3.55. The lowest BCUT2D eigenvalue weighted by Gasteiger charge is -2.51. The number of hydrogen-bond donors (Lipinski definition) is 4. The minimum atomic E-state index is -2.05. The van der Waals surface area contributed by atoms with Crippen LogP contribution in [-0.4, -0.2) is 124 Å². The number of likely N-dealkylation sites (N-methyl/N-ethyl adjacent to an activating group) is 2. The number of piperazine rings is 2. The number of fused-ring (bicyclic) bond motifs is 11. The third-order valence-corrected chi connectivity index (χ3v) is 21.6. The van der Waals surface area contributed by atoms with Gasteiger partial charge in [0.15, 0.2) is 4.87 Å². The third-order valence-electron chi connectivity index (χ3n) is 13.5. The molecular weight excluding hydrogens is 749 g/mol. The highest BCUT2D eigenvalue weighted by atomic mass is 32.8. The molecule has 0 radical (unpaired) electrons. The number of aliphatic hydroxyl groups is 2. The van der Waals surface area contributed by atoms with Crippen molar-refractivity contribution >= 4 is 82.3 Å². The Morgan fingerprint density at radius 1 is 0.788 bits per heavy atom. The molecule has 8 aliphatic rings. The summed E-state index contributed by atoms with van der Waals surface area (Å²) in [5.41, 5.74) is -1.55. The van der Waals surface area contributed by atoms with Crippen molar-refractivity contribution in [2.75, 3.05) is 31.3 Å². The molecule has 4 N–H and O–H groups in total. The van der Waals surface area contributed by atoms with Crippen LogP contribution in [0.15, 0.2) is 48.5 Å². The fourth-order valence-electron chi connectivity index (χ4n) is 11.6. The SMILES string of the molecule is CC(=O)OC[C@@]12C(=O)N3[C@@H]4Nc5ccccc5[C@]4([C@@]45c6ccccc6N[C@@H]4N4C(=O)[C@@]6(C(C)C)N(C)C(=O)[C@]4([C@H]5O)S6=S)[C@H](O)[C@@]3(C(=O)N1C)S2=S. The van der Waals surface area contributed by atoms with Gasteiger partial charge in [-0.2, -0.15) is 0 Å². The summed E-state index contributed by atoms with van der Waals surface area (Å²) in [6, 6.07) is 14.3. The number of nitrogens with one attached hydrogen (secondary N) is 2. The number of nitrogens with zero attached hydrogens (tertiary/aromatic N) is 4. The summed E-state index contributed by atoms with van der Waals surface area (Å²) >= 11 is 12.5. The summed E-state index contributed by atoms with van der Waals surface area (Å²) < 4.78 is 5.40. The molecular formula is C34H34N6O8S4. The number of aliphatic hydroxyl groups excluding tert-OH is 2. The number of para-hydroxylation sites is 2. The molecule has 0 aliphatic carbocycles. The Kier molecular flexibility index (Phi) is 5.96. The van der Waals surface area contributed by atoms with E-state index in [0.29, 0.717) is 22.5 Å². The summed E-state index contributed by atoms with van der Waals surface area (Å²) in [7, 11) is -0.255. The van der Waals surface area contributed by atoms with Crippen molar-refractivity contribution in [3.8, 4) is 0 Å². The van der Waals surface area contributed by atoms with E-state index in [2.05, 4.69) is 10.6 Å². The van der Waals surface area contributed by atoms with Gasteiger partial charge in [-0.25, -0.2) is 0 Å². The first-order chi connectivity index (χ1) is 24.6. The molecule has 8 heterocycles. The van der Waals surface area contributed by atoms with Gasteiger partial charge in [0.2, 0.25) is 14.6 Å². The van der Waals surface area contributed by atoms with Crippen LogP contribution in [0, 0.1) is 5.92 Å². The average molecular weight is 783 g/mol. The van der Waals surface area contributed by atoms with Crippen LogP contribution >= 0.6 is 0 Å². The Morgan fingerprint density at radius 3 is 1.75 bits per heavy atom. The molecule has 14 nitrogen and oxygen atoms in total. The number of anilines is 2. The third kappa shape index (κ3) is 2.62. The van der Waals surface area contributed by atoms with Crippen molar-refractivity contribution in [1.29, 1.82) is 0 Å². The monoisotopic (exact) mass is 782 g/mol. The second-order valence-corrected chi connectivity index (χ2v) is 20.8. The van der Waals surface area contributed by atoms with Gasteiger partial charge in [-0.1, -0.05) is 50.2 Å². The highest BCUT2D eigenvalue weighted by Crippen LogP contribution is 2.76. The molecule has 4 amide bonds. The number of esters is 1. The summed E-state index contributed by atoms with van der Waals surface area (Å²) in [5.74, 6) is -3.23. The van der Waals surface area contributed by atoms with Crippen molar-refractivity contribution in [3.63, 3.8) is 0 Å². The molecule has 6 saturated heterocycles. The van der Waals surface area contributed by atoms with Crippen LogP contribution in [0.5, 0.6) is 0 Å². The number of rotatable bonds is 4. The van der Waals surface area contributed by atoms with Gasteiger partial charge in [-0.05, 0) is 70.5 Å². The largest absolute Gasteiger partial charge is 0.462 e. The number of carbonyl (C=O) groups is 5.